The number of hydrogen-bond donors (Lipinski definition) is 1. The van der Waals surface area contributed by atoms with E-state index in [-0.39, 0.29) is 16.2 Å². The zero-order valence-corrected chi connectivity index (χ0v) is 19.8. The third-order valence-corrected chi connectivity index (χ3v) is 10.1. The molecular formula is C26H33O4Si. The van der Waals surface area contributed by atoms with Crippen LogP contribution in [0, 0.1) is 5.41 Å². The van der Waals surface area contributed by atoms with E-state index in [1.54, 1.807) is 0 Å². The summed E-state index contributed by atoms with van der Waals surface area (Å²) in [6.45, 7) is 7.68. The molecule has 0 atom stereocenters. The molecule has 1 aliphatic carbocycles. The van der Waals surface area contributed by atoms with Gasteiger partial charge >= 0.3 is 5.97 Å². The highest BCUT2D eigenvalue weighted by atomic mass is 28.3. The Morgan fingerprint density at radius 1 is 1.00 bits per heavy atom. The Morgan fingerprint density at radius 2 is 1.52 bits per heavy atom. The molecule has 4 nitrogen and oxygen atoms in total. The van der Waals surface area contributed by atoms with Crippen molar-refractivity contribution in [3.05, 3.63) is 71.8 Å². The normalized spacial score (nSPS) is 25.8. The van der Waals surface area contributed by atoms with E-state index in [9.17, 15) is 9.90 Å². The van der Waals surface area contributed by atoms with E-state index in [0.717, 1.165) is 12.8 Å². The Kier molecular flexibility index (Phi) is 6.12. The molecule has 2 bridgehead atoms. The van der Waals surface area contributed by atoms with E-state index in [1.807, 2.05) is 0 Å². The minimum absolute atomic E-state index is 0.00577. The Hall–Kier alpha value is -1.95. The van der Waals surface area contributed by atoms with Crippen LogP contribution >= 0.6 is 0 Å². The Morgan fingerprint density at radius 3 is 1.90 bits per heavy atom. The number of ether oxygens (including phenoxy) is 1. The van der Waals surface area contributed by atoms with Crippen molar-refractivity contribution >= 4 is 15.0 Å². The van der Waals surface area contributed by atoms with Gasteiger partial charge in [0, 0.05) is 5.54 Å². The van der Waals surface area contributed by atoms with Gasteiger partial charge < -0.3 is 14.3 Å². The maximum absolute atomic E-state index is 11.7. The molecular weight excluding hydrogens is 404 g/mol. The Balaban J connectivity index is 1.59. The molecule has 0 aromatic heterocycles. The van der Waals surface area contributed by atoms with Gasteiger partial charge in [0.25, 0.3) is 0 Å². The minimum Gasteiger partial charge on any atom is -0.481 e. The molecule has 2 aliphatic heterocycles. The van der Waals surface area contributed by atoms with Gasteiger partial charge in [-0.05, 0) is 41.8 Å². The molecule has 5 rings (SSSR count). The van der Waals surface area contributed by atoms with Crippen LogP contribution in [0.15, 0.2) is 60.7 Å². The summed E-state index contributed by atoms with van der Waals surface area (Å²) in [6.07, 6.45) is 2.90. The average molecular weight is 438 g/mol. The van der Waals surface area contributed by atoms with Crippen LogP contribution in [0.2, 0.25) is 5.04 Å². The molecule has 2 heterocycles. The van der Waals surface area contributed by atoms with Crippen molar-refractivity contribution in [2.45, 2.75) is 62.6 Å². The van der Waals surface area contributed by atoms with Crippen LogP contribution in [0.5, 0.6) is 0 Å². The number of rotatable bonds is 7. The van der Waals surface area contributed by atoms with Crippen LogP contribution in [0.1, 0.15) is 63.1 Å². The first-order valence-corrected chi connectivity index (χ1v) is 12.7. The van der Waals surface area contributed by atoms with Crippen molar-refractivity contribution < 1.29 is 19.1 Å². The molecule has 1 radical (unpaired) electrons. The first kappa shape index (κ1) is 22.2. The van der Waals surface area contributed by atoms with E-state index in [1.165, 1.54) is 11.1 Å². The fourth-order valence-corrected chi connectivity index (χ4v) is 7.83. The molecule has 2 aromatic carbocycles. The fourth-order valence-electron chi connectivity index (χ4n) is 4.95. The maximum atomic E-state index is 11.7. The van der Waals surface area contributed by atoms with E-state index >= 15 is 0 Å². The van der Waals surface area contributed by atoms with E-state index in [0.29, 0.717) is 26.1 Å². The first-order valence-electron chi connectivity index (χ1n) is 11.2. The third kappa shape index (κ3) is 4.50. The highest BCUT2D eigenvalue weighted by Crippen LogP contribution is 2.50. The number of benzene rings is 2. The summed E-state index contributed by atoms with van der Waals surface area (Å²) in [4.78, 5) is 11.7. The number of carbonyl (C=O) groups is 1. The van der Waals surface area contributed by atoms with Gasteiger partial charge in [-0.15, -0.1) is 0 Å². The van der Waals surface area contributed by atoms with Gasteiger partial charge in [0.1, 0.15) is 0 Å². The van der Waals surface area contributed by atoms with E-state index < -0.39 is 20.4 Å². The summed E-state index contributed by atoms with van der Waals surface area (Å²) in [6, 6.07) is 21.3. The summed E-state index contributed by atoms with van der Waals surface area (Å²) in [5, 5.41) is 9.65. The van der Waals surface area contributed by atoms with Crippen molar-refractivity contribution in [3.63, 3.8) is 0 Å². The largest absolute Gasteiger partial charge is 0.481 e. The van der Waals surface area contributed by atoms with Crippen LogP contribution in [0.3, 0.4) is 0 Å². The molecule has 31 heavy (non-hydrogen) atoms. The second-order valence-corrected chi connectivity index (χ2v) is 13.3. The lowest BCUT2D eigenvalue weighted by Gasteiger charge is -2.51. The lowest BCUT2D eigenvalue weighted by Crippen LogP contribution is -2.57. The quantitative estimate of drug-likeness (QED) is 0.575. The predicted molar refractivity (Wildman–Crippen MR) is 123 cm³/mol. The monoisotopic (exact) mass is 437 g/mol. The van der Waals surface area contributed by atoms with Crippen LogP contribution in [-0.2, 0) is 14.0 Å². The predicted octanol–water partition coefficient (Wildman–Crippen LogP) is 5.58. The maximum Gasteiger partial charge on any atom is 0.311 e. The summed E-state index contributed by atoms with van der Waals surface area (Å²) < 4.78 is 13.1. The van der Waals surface area contributed by atoms with Crippen molar-refractivity contribution in [3.8, 4) is 0 Å². The zero-order valence-electron chi connectivity index (χ0n) is 18.8. The van der Waals surface area contributed by atoms with Gasteiger partial charge in [-0.1, -0.05) is 81.4 Å². The number of aliphatic carboxylic acids is 1. The van der Waals surface area contributed by atoms with Gasteiger partial charge in [0.05, 0.1) is 24.2 Å². The fraction of sp³-hybridized carbons (Fsp3) is 0.500. The number of fused-ring (bicyclic) bond motifs is 3. The topological polar surface area (TPSA) is 55.8 Å². The summed E-state index contributed by atoms with van der Waals surface area (Å²) in [7, 11) is -1.36. The third-order valence-electron chi connectivity index (χ3n) is 6.98. The van der Waals surface area contributed by atoms with Crippen LogP contribution in [0.4, 0.5) is 0 Å². The molecule has 1 saturated carbocycles. The van der Waals surface area contributed by atoms with Crippen molar-refractivity contribution in [1.82, 2.24) is 0 Å². The van der Waals surface area contributed by atoms with Crippen molar-refractivity contribution in [2.24, 2.45) is 5.41 Å². The average Bonchev–Trinajstić information content (AvgIpc) is 2.78. The molecule has 0 amide bonds. The lowest BCUT2D eigenvalue weighted by atomic mass is 9.66. The van der Waals surface area contributed by atoms with Crippen molar-refractivity contribution in [1.29, 1.82) is 0 Å². The zero-order chi connectivity index (χ0) is 22.1. The van der Waals surface area contributed by atoms with Gasteiger partial charge in [0.15, 0.2) is 0 Å². The summed E-state index contributed by atoms with van der Waals surface area (Å²) >= 11 is 0. The SMILES string of the molecule is CC(C)(C)[Si](OCC12CCC(C(=O)O)(CC1)CO2)C(c1ccccc1)c1ccccc1. The van der Waals surface area contributed by atoms with Gasteiger partial charge in [-0.2, -0.15) is 0 Å². The molecule has 165 valence electrons. The smallest absolute Gasteiger partial charge is 0.311 e. The number of carboxylic acid groups (broad SMARTS) is 1. The van der Waals surface area contributed by atoms with Crippen LogP contribution in [-0.4, -0.2) is 38.9 Å². The second-order valence-electron chi connectivity index (χ2n) is 10.2. The van der Waals surface area contributed by atoms with Crippen molar-refractivity contribution in [2.75, 3.05) is 13.2 Å². The molecule has 1 N–H and O–H groups in total. The first-order chi connectivity index (χ1) is 14.7. The second kappa shape index (κ2) is 8.53. The molecule has 2 aromatic rings. The molecule has 3 aliphatic rings. The van der Waals surface area contributed by atoms with Gasteiger partial charge in [-0.3, -0.25) is 4.79 Å². The van der Waals surface area contributed by atoms with E-state index in [4.69, 9.17) is 9.16 Å². The molecule has 0 unspecified atom stereocenters. The summed E-state index contributed by atoms with van der Waals surface area (Å²) in [5.74, 6) is -0.714. The highest BCUT2D eigenvalue weighted by molar-refractivity contribution is 6.58. The Bertz CT molecular complexity index is 827. The van der Waals surface area contributed by atoms with Gasteiger partial charge in [0.2, 0.25) is 9.04 Å². The van der Waals surface area contributed by atoms with E-state index in [2.05, 4.69) is 81.4 Å². The van der Waals surface area contributed by atoms with Crippen LogP contribution < -0.4 is 0 Å². The summed E-state index contributed by atoms with van der Waals surface area (Å²) in [5.41, 5.74) is 1.75. The lowest BCUT2D eigenvalue weighted by molar-refractivity contribution is -0.209. The van der Waals surface area contributed by atoms with Gasteiger partial charge in [-0.25, -0.2) is 0 Å². The van der Waals surface area contributed by atoms with Crippen LogP contribution in [0.25, 0.3) is 0 Å². The molecule has 5 heteroatoms. The number of hydrogen-bond acceptors (Lipinski definition) is 3. The number of carboxylic acids is 1. The Labute approximate surface area is 187 Å². The highest BCUT2D eigenvalue weighted by Gasteiger charge is 2.54. The molecule has 0 spiro atoms. The minimum atomic E-state index is -1.36. The molecule has 2 saturated heterocycles. The standard InChI is InChI=1S/C26H33O4Si/c1-24(2,3)31(22(20-10-6-4-7-11-20)21-12-8-5-9-13-21)30-19-26-16-14-25(15-17-26,18-29-26)23(27)28/h4-13,22H,14-19H2,1-3H3,(H,27,28). The molecule has 3 fully saturated rings.